The van der Waals surface area contributed by atoms with Gasteiger partial charge in [-0.15, -0.1) is 4.91 Å². The summed E-state index contributed by atoms with van der Waals surface area (Å²) in [5.41, 5.74) is 1.13. The number of rotatable bonds is 2. The van der Waals surface area contributed by atoms with Gasteiger partial charge in [-0.2, -0.15) is 5.48 Å². The zero-order valence-corrected chi connectivity index (χ0v) is 7.08. The molecule has 0 amide bonds. The van der Waals surface area contributed by atoms with Gasteiger partial charge in [0, 0.05) is 0 Å². The van der Waals surface area contributed by atoms with Gasteiger partial charge in [0.25, 0.3) is 0 Å². The third-order valence-electron chi connectivity index (χ3n) is 2.06. The maximum Gasteiger partial charge on any atom is 1.00 e. The second-order valence-electron chi connectivity index (χ2n) is 2.80. The van der Waals surface area contributed by atoms with Gasteiger partial charge in [-0.25, -0.2) is 0 Å². The number of nitroso groups, excluding NO2 is 1. The maximum atomic E-state index is 10.2. The number of nitrogens with zero attached hydrogens (tertiary/aromatic N) is 1. The molecule has 5 heteroatoms. The van der Waals surface area contributed by atoms with Gasteiger partial charge in [-0.05, 0) is 30.9 Å². The van der Waals surface area contributed by atoms with Gasteiger partial charge in [0.05, 0.1) is 0 Å². The van der Waals surface area contributed by atoms with E-state index < -0.39 is 5.66 Å². The first kappa shape index (κ1) is 11.0. The predicted octanol–water partition coefficient (Wildman–Crippen LogP) is 1.39. The van der Waals surface area contributed by atoms with E-state index >= 15 is 0 Å². The number of hydrogen-bond donors (Lipinski definition) is 2. The summed E-state index contributed by atoms with van der Waals surface area (Å²) in [5, 5.41) is 11.5. The Labute approximate surface area is 76.1 Å². The zero-order chi connectivity index (χ0) is 7.45. The molecule has 0 aromatic heterocycles. The molecule has 11 heavy (non-hydrogen) atoms. The van der Waals surface area contributed by atoms with E-state index in [-0.39, 0.29) is 17.1 Å². The van der Waals surface area contributed by atoms with Crippen molar-refractivity contribution in [3.05, 3.63) is 4.91 Å². The van der Waals surface area contributed by atoms with E-state index in [9.17, 15) is 4.91 Å². The quantitative estimate of drug-likeness (QED) is 0.409. The zero-order valence-electron chi connectivity index (χ0n) is 6.14. The molecule has 0 radical (unpaired) electrons. The Hall–Kier alpha value is 0.0395. The minimum atomic E-state index is -0.863. The summed E-state index contributed by atoms with van der Waals surface area (Å²) in [4.78, 5) is 10.2. The van der Waals surface area contributed by atoms with E-state index in [0.717, 1.165) is 19.3 Å². The van der Waals surface area contributed by atoms with Gasteiger partial charge < -0.3 is 5.21 Å². The maximum absolute atomic E-state index is 10.2. The summed E-state index contributed by atoms with van der Waals surface area (Å²) >= 11 is 0. The molecule has 0 bridgehead atoms. The first-order valence-corrected chi connectivity index (χ1v) is 3.59. The van der Waals surface area contributed by atoms with Gasteiger partial charge in [0.2, 0.25) is 0 Å². The van der Waals surface area contributed by atoms with Crippen LogP contribution in [0.1, 0.15) is 32.1 Å². The normalized spacial score (nSPS) is 21.9. The average molecular weight is 208 g/mol. The van der Waals surface area contributed by atoms with Gasteiger partial charge in [0.1, 0.15) is 0 Å². The minimum Gasteiger partial charge on any atom is -0.314 e. The number of nitrogens with one attached hydrogen (secondary N) is 1. The molecule has 0 unspecified atom stereocenters. The predicted molar refractivity (Wildman–Crippen MR) is 36.5 cm³/mol. The summed E-state index contributed by atoms with van der Waals surface area (Å²) in [6, 6.07) is 0. The second kappa shape index (κ2) is 4.82. The fourth-order valence-corrected chi connectivity index (χ4v) is 1.36. The van der Waals surface area contributed by atoms with Gasteiger partial charge in [0.15, 0.2) is 5.66 Å². The Morgan fingerprint density at radius 2 is 1.82 bits per heavy atom. The third-order valence-corrected chi connectivity index (χ3v) is 2.06. The third kappa shape index (κ3) is 2.52. The first-order chi connectivity index (χ1) is 4.83. The summed E-state index contributed by atoms with van der Waals surface area (Å²) in [7, 11) is 0. The van der Waals surface area contributed by atoms with Crippen LogP contribution in [-0.4, -0.2) is 10.9 Å². The Morgan fingerprint density at radius 3 is 2.09 bits per heavy atom. The molecule has 0 atom stereocenters. The summed E-state index contributed by atoms with van der Waals surface area (Å²) in [6.45, 7) is 0. The van der Waals surface area contributed by atoms with Crippen molar-refractivity contribution >= 4 is 0 Å². The van der Waals surface area contributed by atoms with E-state index in [1.54, 1.807) is 0 Å². The van der Waals surface area contributed by atoms with Crippen molar-refractivity contribution < 1.29 is 22.3 Å². The minimum absolute atomic E-state index is 0. The van der Waals surface area contributed by atoms with Crippen LogP contribution >= 0.6 is 0 Å². The summed E-state index contributed by atoms with van der Waals surface area (Å²) < 4.78 is 0. The van der Waals surface area contributed by atoms with Crippen LogP contribution in [-0.2, 0) is 17.1 Å². The van der Waals surface area contributed by atoms with E-state index in [1.807, 2.05) is 5.48 Å². The molecule has 4 nitrogen and oxygen atoms in total. The molecule has 0 spiro atoms. The molecule has 0 aromatic carbocycles. The first-order valence-electron chi connectivity index (χ1n) is 3.59. The van der Waals surface area contributed by atoms with E-state index in [1.165, 1.54) is 0 Å². The molecule has 2 N–H and O–H groups in total. The van der Waals surface area contributed by atoms with E-state index in [0.29, 0.717) is 12.8 Å². The molecular formula is C6H12CuN2O2+. The smallest absolute Gasteiger partial charge is 0.314 e. The molecule has 0 saturated heterocycles. The molecular weight excluding hydrogens is 196 g/mol. The molecule has 68 valence electrons. The van der Waals surface area contributed by atoms with Crippen LogP contribution in [0.2, 0.25) is 0 Å². The van der Waals surface area contributed by atoms with E-state index in [2.05, 4.69) is 5.18 Å². The molecule has 0 heterocycles. The fraction of sp³-hybridized carbons (Fsp3) is 1.00. The standard InChI is InChI=1S/C6H12N2O2.Cu/c9-7-6(8-10)4-2-1-3-5-6;/h7,9H,1-5H2;/q;+1. The molecule has 1 rings (SSSR count). The molecule has 0 aromatic rings. The summed E-state index contributed by atoms with van der Waals surface area (Å²) in [5.74, 6) is 0. The van der Waals surface area contributed by atoms with Gasteiger partial charge in [-0.3, -0.25) is 0 Å². The fourth-order valence-electron chi connectivity index (χ4n) is 1.36. The van der Waals surface area contributed by atoms with Crippen LogP contribution in [0.5, 0.6) is 0 Å². The largest absolute Gasteiger partial charge is 1.00 e. The van der Waals surface area contributed by atoms with Crippen molar-refractivity contribution in [2.75, 3.05) is 0 Å². The second-order valence-corrected chi connectivity index (χ2v) is 2.80. The van der Waals surface area contributed by atoms with Crippen molar-refractivity contribution in [3.63, 3.8) is 0 Å². The molecule has 0 aliphatic heterocycles. The number of hydrogen-bond acceptors (Lipinski definition) is 4. The van der Waals surface area contributed by atoms with Crippen LogP contribution in [0.4, 0.5) is 0 Å². The van der Waals surface area contributed by atoms with Crippen molar-refractivity contribution in [2.45, 2.75) is 37.8 Å². The molecule has 1 aliphatic rings. The average Bonchev–Trinajstić information content (AvgIpc) is 2.06. The van der Waals surface area contributed by atoms with Crippen LogP contribution in [0, 0.1) is 4.91 Å². The monoisotopic (exact) mass is 207 g/mol. The van der Waals surface area contributed by atoms with Crippen molar-refractivity contribution in [1.82, 2.24) is 5.48 Å². The molecule has 1 saturated carbocycles. The van der Waals surface area contributed by atoms with Crippen molar-refractivity contribution in [2.24, 2.45) is 5.18 Å². The van der Waals surface area contributed by atoms with Gasteiger partial charge >= 0.3 is 17.1 Å². The Kier molecular flexibility index (Phi) is 4.84. The molecule has 1 fully saturated rings. The Bertz CT molecular complexity index is 126. The van der Waals surface area contributed by atoms with Crippen molar-refractivity contribution in [3.8, 4) is 0 Å². The van der Waals surface area contributed by atoms with Crippen molar-refractivity contribution in [1.29, 1.82) is 0 Å². The SMILES string of the molecule is O=NC1(NO)CCCCC1.[Cu+]. The Balaban J connectivity index is 0.000001000. The van der Waals surface area contributed by atoms with Crippen LogP contribution < -0.4 is 5.48 Å². The van der Waals surface area contributed by atoms with Crippen LogP contribution in [0.25, 0.3) is 0 Å². The van der Waals surface area contributed by atoms with E-state index in [4.69, 9.17) is 5.21 Å². The van der Waals surface area contributed by atoms with Crippen LogP contribution in [0.15, 0.2) is 5.18 Å². The Morgan fingerprint density at radius 1 is 1.27 bits per heavy atom. The van der Waals surface area contributed by atoms with Crippen LogP contribution in [0.3, 0.4) is 0 Å². The molecule has 1 aliphatic carbocycles. The summed E-state index contributed by atoms with van der Waals surface area (Å²) in [6.07, 6.45) is 4.40. The topological polar surface area (TPSA) is 61.7 Å². The van der Waals surface area contributed by atoms with Gasteiger partial charge in [-0.1, -0.05) is 6.42 Å². The number of hydroxylamine groups is 1.